The molecular formula is C25H35N3O3S. The lowest BCUT2D eigenvalue weighted by molar-refractivity contribution is 0.0689. The maximum absolute atomic E-state index is 13.4. The Balaban J connectivity index is 1.77. The van der Waals surface area contributed by atoms with Crippen molar-refractivity contribution in [3.05, 3.63) is 65.7 Å². The number of rotatable bonds is 9. The number of hydrogen-bond acceptors (Lipinski definition) is 4. The second-order valence-corrected chi connectivity index (χ2v) is 10.2. The van der Waals surface area contributed by atoms with E-state index in [1.807, 2.05) is 31.7 Å². The number of hydrogen-bond donors (Lipinski definition) is 0. The third kappa shape index (κ3) is 5.05. The van der Waals surface area contributed by atoms with Gasteiger partial charge in [-0.2, -0.15) is 4.31 Å². The summed E-state index contributed by atoms with van der Waals surface area (Å²) in [5.74, 6) is -0.108. The molecule has 1 amide bonds. The predicted molar refractivity (Wildman–Crippen MR) is 128 cm³/mol. The van der Waals surface area contributed by atoms with E-state index in [0.29, 0.717) is 25.2 Å². The zero-order valence-corrected chi connectivity index (χ0v) is 20.4. The highest BCUT2D eigenvalue weighted by molar-refractivity contribution is 7.89. The van der Waals surface area contributed by atoms with Gasteiger partial charge in [0.15, 0.2) is 0 Å². The molecule has 3 rings (SSSR count). The molecule has 1 heterocycles. The van der Waals surface area contributed by atoms with Gasteiger partial charge in [-0.05, 0) is 44.0 Å². The van der Waals surface area contributed by atoms with Crippen molar-refractivity contribution in [2.45, 2.75) is 51.1 Å². The Morgan fingerprint density at radius 2 is 1.72 bits per heavy atom. The van der Waals surface area contributed by atoms with Crippen molar-refractivity contribution < 1.29 is 13.2 Å². The molecule has 0 saturated carbocycles. The number of sulfonamides is 1. The Hall–Kier alpha value is -2.22. The monoisotopic (exact) mass is 457 g/mol. The van der Waals surface area contributed by atoms with Crippen LogP contribution in [0.5, 0.6) is 0 Å². The summed E-state index contributed by atoms with van der Waals surface area (Å²) in [6.07, 6.45) is 0.911. The van der Waals surface area contributed by atoms with E-state index >= 15 is 0 Å². The zero-order valence-electron chi connectivity index (χ0n) is 19.6. The van der Waals surface area contributed by atoms with Crippen molar-refractivity contribution >= 4 is 15.9 Å². The molecule has 32 heavy (non-hydrogen) atoms. The Morgan fingerprint density at radius 1 is 1.03 bits per heavy atom. The van der Waals surface area contributed by atoms with E-state index in [2.05, 4.69) is 36.1 Å². The molecule has 2 atom stereocenters. The second-order valence-electron chi connectivity index (χ2n) is 8.23. The largest absolute Gasteiger partial charge is 0.335 e. The quantitative estimate of drug-likeness (QED) is 0.571. The molecule has 2 aromatic rings. The number of carbonyl (C=O) groups excluding carboxylic acids is 1. The summed E-state index contributed by atoms with van der Waals surface area (Å²) < 4.78 is 27.2. The van der Waals surface area contributed by atoms with Crippen molar-refractivity contribution in [3.8, 4) is 0 Å². The third-order valence-electron chi connectivity index (χ3n) is 6.49. The normalized spacial score (nSPS) is 18.1. The van der Waals surface area contributed by atoms with E-state index < -0.39 is 10.0 Å². The van der Waals surface area contributed by atoms with Crippen LogP contribution in [0.25, 0.3) is 0 Å². The topological polar surface area (TPSA) is 60.9 Å². The molecule has 2 unspecified atom stereocenters. The fourth-order valence-electron chi connectivity index (χ4n) is 4.55. The van der Waals surface area contributed by atoms with E-state index in [0.717, 1.165) is 19.5 Å². The molecule has 0 radical (unpaired) electrons. The predicted octanol–water partition coefficient (Wildman–Crippen LogP) is 4.01. The lowest BCUT2D eigenvalue weighted by Crippen LogP contribution is -2.42. The first-order chi connectivity index (χ1) is 15.3. The van der Waals surface area contributed by atoms with Crippen molar-refractivity contribution in [1.82, 2.24) is 14.1 Å². The Morgan fingerprint density at radius 3 is 2.34 bits per heavy atom. The van der Waals surface area contributed by atoms with Crippen LogP contribution in [0.2, 0.25) is 0 Å². The van der Waals surface area contributed by atoms with Crippen LogP contribution >= 0.6 is 0 Å². The third-order valence-corrected chi connectivity index (χ3v) is 8.54. The molecule has 6 nitrogen and oxygen atoms in total. The Bertz CT molecular complexity index is 1010. The van der Waals surface area contributed by atoms with Crippen LogP contribution in [-0.2, 0) is 10.0 Å². The molecule has 2 aromatic carbocycles. The molecule has 174 valence electrons. The van der Waals surface area contributed by atoms with E-state index in [-0.39, 0.29) is 22.9 Å². The van der Waals surface area contributed by atoms with Gasteiger partial charge < -0.3 is 4.90 Å². The second kappa shape index (κ2) is 10.6. The summed E-state index contributed by atoms with van der Waals surface area (Å²) in [4.78, 5) is 17.9. The number of nitrogens with zero attached hydrogens (tertiary/aromatic N) is 3. The highest BCUT2D eigenvalue weighted by atomic mass is 32.2. The summed E-state index contributed by atoms with van der Waals surface area (Å²) in [6.45, 7) is 11.0. The van der Waals surface area contributed by atoms with Crippen LogP contribution in [0.15, 0.2) is 59.5 Å². The molecule has 7 heteroatoms. The number of likely N-dealkylation sites (tertiary alicyclic amines) is 1. The van der Waals surface area contributed by atoms with Crippen LogP contribution in [0, 0.1) is 0 Å². The van der Waals surface area contributed by atoms with Gasteiger partial charge in [-0.1, -0.05) is 50.2 Å². The average Bonchev–Trinajstić information content (AvgIpc) is 3.30. The van der Waals surface area contributed by atoms with E-state index in [1.165, 1.54) is 15.9 Å². The number of likely N-dealkylation sites (N-methyl/N-ethyl adjacent to an activating group) is 1. The zero-order chi connectivity index (χ0) is 23.3. The highest BCUT2D eigenvalue weighted by Gasteiger charge is 2.33. The van der Waals surface area contributed by atoms with Gasteiger partial charge in [0.1, 0.15) is 0 Å². The summed E-state index contributed by atoms with van der Waals surface area (Å²) in [5, 5.41) is 0. The molecule has 1 saturated heterocycles. The van der Waals surface area contributed by atoms with Crippen LogP contribution < -0.4 is 0 Å². The van der Waals surface area contributed by atoms with Gasteiger partial charge in [-0.25, -0.2) is 8.42 Å². The minimum Gasteiger partial charge on any atom is -0.335 e. The van der Waals surface area contributed by atoms with Crippen molar-refractivity contribution in [3.63, 3.8) is 0 Å². The lowest BCUT2D eigenvalue weighted by Gasteiger charge is -2.30. The van der Waals surface area contributed by atoms with Crippen LogP contribution in [0.4, 0.5) is 0 Å². The van der Waals surface area contributed by atoms with Gasteiger partial charge in [0.2, 0.25) is 10.0 Å². The van der Waals surface area contributed by atoms with Gasteiger partial charge in [0.25, 0.3) is 5.91 Å². The fraction of sp³-hybridized carbons (Fsp3) is 0.480. The van der Waals surface area contributed by atoms with Gasteiger partial charge >= 0.3 is 0 Å². The summed E-state index contributed by atoms with van der Waals surface area (Å²) in [7, 11) is -3.60. The summed E-state index contributed by atoms with van der Waals surface area (Å²) in [5.41, 5.74) is 1.70. The van der Waals surface area contributed by atoms with Gasteiger partial charge in [-0.3, -0.25) is 9.69 Å². The first kappa shape index (κ1) is 24.4. The Labute approximate surface area is 192 Å². The molecular weight excluding hydrogens is 422 g/mol. The minimum absolute atomic E-state index is 0.108. The van der Waals surface area contributed by atoms with Crippen LogP contribution in [0.1, 0.15) is 56.1 Å². The van der Waals surface area contributed by atoms with Gasteiger partial charge in [-0.15, -0.1) is 0 Å². The molecule has 0 aliphatic carbocycles. The highest BCUT2D eigenvalue weighted by Crippen LogP contribution is 2.27. The van der Waals surface area contributed by atoms with Crippen molar-refractivity contribution in [2.75, 3.05) is 32.7 Å². The standard InChI is InChI=1S/C25H35N3O3S/c1-5-27(6-2)32(30,31)24-15-11-14-22(18-24)25(29)28(7-3)23-16-17-26(19-23)20(4)21-12-9-8-10-13-21/h8-15,18,20,23H,5-7,16-17,19H2,1-4H3. The molecule has 1 aliphatic heterocycles. The maximum atomic E-state index is 13.4. The maximum Gasteiger partial charge on any atom is 0.254 e. The van der Waals surface area contributed by atoms with Crippen LogP contribution in [0.3, 0.4) is 0 Å². The van der Waals surface area contributed by atoms with Crippen LogP contribution in [-0.4, -0.2) is 67.2 Å². The smallest absolute Gasteiger partial charge is 0.254 e. The van der Waals surface area contributed by atoms with E-state index in [9.17, 15) is 13.2 Å². The Kier molecular flexibility index (Phi) is 8.09. The molecule has 0 spiro atoms. The molecule has 0 bridgehead atoms. The van der Waals surface area contributed by atoms with Gasteiger partial charge in [0, 0.05) is 50.4 Å². The minimum atomic E-state index is -3.60. The SMILES string of the molecule is CCN(C(=O)c1cccc(S(=O)(=O)N(CC)CC)c1)C1CCN(C(C)c2ccccc2)C1. The van der Waals surface area contributed by atoms with Gasteiger partial charge in [0.05, 0.1) is 4.90 Å². The average molecular weight is 458 g/mol. The molecule has 1 fully saturated rings. The van der Waals surface area contributed by atoms with Crippen molar-refractivity contribution in [1.29, 1.82) is 0 Å². The number of amides is 1. The molecule has 0 N–H and O–H groups in total. The fourth-order valence-corrected chi connectivity index (χ4v) is 6.06. The summed E-state index contributed by atoms with van der Waals surface area (Å²) >= 11 is 0. The molecule has 1 aliphatic rings. The number of carbonyl (C=O) groups is 1. The van der Waals surface area contributed by atoms with E-state index in [4.69, 9.17) is 0 Å². The van der Waals surface area contributed by atoms with E-state index in [1.54, 1.807) is 18.2 Å². The first-order valence-corrected chi connectivity index (χ1v) is 13.0. The van der Waals surface area contributed by atoms with Crippen molar-refractivity contribution in [2.24, 2.45) is 0 Å². The summed E-state index contributed by atoms with van der Waals surface area (Å²) in [6, 6.07) is 17.3. The first-order valence-electron chi connectivity index (χ1n) is 11.5. The lowest BCUT2D eigenvalue weighted by atomic mass is 10.1. The number of benzene rings is 2. The molecule has 0 aromatic heterocycles.